The third-order valence-corrected chi connectivity index (χ3v) is 15.5. The van der Waals surface area contributed by atoms with Crippen molar-refractivity contribution in [1.29, 1.82) is 0 Å². The molecule has 0 saturated heterocycles. The molecule has 4 aromatic carbocycles. The lowest BCUT2D eigenvalue weighted by Crippen LogP contribution is -2.50. The quantitative estimate of drug-likeness (QED) is 0.0852. The molecule has 4 rings (SSSR count). The number of hydrogen-bond acceptors (Lipinski definition) is 6. The third-order valence-electron chi connectivity index (χ3n) is 8.22. The Morgan fingerprint density at radius 1 is 0.750 bits per heavy atom. The molecule has 232 valence electrons. The van der Waals surface area contributed by atoms with Crippen LogP contribution >= 0.6 is 11.8 Å². The fraction of sp³-hybridized carbons (Fsp3) is 0.324. The van der Waals surface area contributed by atoms with Crippen LogP contribution in [0.3, 0.4) is 0 Å². The second kappa shape index (κ2) is 14.9. The summed E-state index contributed by atoms with van der Waals surface area (Å²) in [6.45, 7) is 14.0. The molecule has 0 fully saturated rings. The Morgan fingerprint density at radius 3 is 1.86 bits per heavy atom. The predicted molar refractivity (Wildman–Crippen MR) is 183 cm³/mol. The number of carbonyl (C=O) groups is 1. The lowest BCUT2D eigenvalue weighted by Gasteiger charge is -2.42. The minimum Gasteiger partial charge on any atom is -0.543 e. The number of phenolic OH excluding ortho intramolecular Hbond substituents is 1. The number of carbonyl (C=O) groups excluding carboxylic acids is 1. The zero-order valence-corrected chi connectivity index (χ0v) is 28.6. The van der Waals surface area contributed by atoms with Gasteiger partial charge in [0.2, 0.25) is 0 Å². The van der Waals surface area contributed by atoms with Gasteiger partial charge in [-0.1, -0.05) is 84.0 Å². The van der Waals surface area contributed by atoms with Gasteiger partial charge in [0.05, 0.1) is 17.3 Å². The summed E-state index contributed by atoms with van der Waals surface area (Å²) in [5, 5.41) is 10.4. The van der Waals surface area contributed by atoms with E-state index in [9.17, 15) is 9.90 Å². The number of methoxy groups -OCH3 is 1. The first kappa shape index (κ1) is 33.2. The van der Waals surface area contributed by atoms with Gasteiger partial charge in [-0.3, -0.25) is 4.79 Å². The molecule has 0 radical (unpaired) electrons. The van der Waals surface area contributed by atoms with E-state index in [4.69, 9.17) is 13.9 Å². The van der Waals surface area contributed by atoms with Crippen LogP contribution in [0.15, 0.2) is 102 Å². The minimum absolute atomic E-state index is 0.0596. The van der Waals surface area contributed by atoms with Crippen LogP contribution in [0.4, 0.5) is 0 Å². The molecule has 0 amide bonds. The van der Waals surface area contributed by atoms with Gasteiger partial charge < -0.3 is 19.0 Å². The van der Waals surface area contributed by atoms with Crippen LogP contribution in [-0.4, -0.2) is 26.3 Å². The number of ether oxygens (including phenoxy) is 2. The number of Topliss-reactive ketones (excluding diaryl/α,β-unsaturated/α-hetero) is 1. The number of benzene rings is 4. The molecule has 0 saturated carbocycles. The van der Waals surface area contributed by atoms with Crippen molar-refractivity contribution in [2.75, 3.05) is 7.11 Å². The van der Waals surface area contributed by atoms with Crippen molar-refractivity contribution < 1.29 is 23.8 Å². The fourth-order valence-electron chi connectivity index (χ4n) is 6.00. The van der Waals surface area contributed by atoms with E-state index >= 15 is 0 Å². The molecule has 0 aliphatic carbocycles. The lowest BCUT2D eigenvalue weighted by molar-refractivity contribution is 0.0989. The highest BCUT2D eigenvalue weighted by Crippen LogP contribution is 2.45. The standard InChI is InChI=1S/C37H44O5SSi/c1-25(2)44(26(3)4,27(5)6)42-32-19-13-29(14-20-32)36(39)37(30-15-17-31(40-7)18-16-30)43-35-22-21-33(23-34(35)38)41-24-28-11-9-8-10-12-28/h8-23,25-27,37-38H,24H2,1-7H3. The van der Waals surface area contributed by atoms with Gasteiger partial charge in [-0.25, -0.2) is 0 Å². The van der Waals surface area contributed by atoms with Gasteiger partial charge >= 0.3 is 0 Å². The zero-order valence-electron chi connectivity index (χ0n) is 26.7. The number of phenols is 1. The molecule has 0 aliphatic heterocycles. The summed E-state index contributed by atoms with van der Waals surface area (Å²) in [7, 11) is -0.507. The molecule has 0 aromatic heterocycles. The second-order valence-corrected chi connectivity index (χ2v) is 18.5. The summed E-state index contributed by atoms with van der Waals surface area (Å²) in [6, 6.07) is 30.1. The Labute approximate surface area is 267 Å². The SMILES string of the molecule is COc1ccc(C(Sc2ccc(OCc3ccccc3)cc2O)C(=O)c2ccc(O[Si](C(C)C)(C(C)C)C(C)C)cc2)cc1. The average molecular weight is 629 g/mol. The molecule has 44 heavy (non-hydrogen) atoms. The first-order valence-corrected chi connectivity index (χ1v) is 18.2. The van der Waals surface area contributed by atoms with Gasteiger partial charge in [0.1, 0.15) is 29.6 Å². The molecule has 0 aliphatic rings. The summed E-state index contributed by atoms with van der Waals surface area (Å²) in [4.78, 5) is 14.7. The Morgan fingerprint density at radius 2 is 1.32 bits per heavy atom. The Balaban J connectivity index is 1.58. The van der Waals surface area contributed by atoms with Crippen molar-refractivity contribution in [3.8, 4) is 23.0 Å². The monoisotopic (exact) mass is 628 g/mol. The number of hydrogen-bond donors (Lipinski definition) is 1. The Kier molecular flexibility index (Phi) is 11.2. The molecule has 4 aromatic rings. The molecule has 1 atom stereocenters. The van der Waals surface area contributed by atoms with E-state index in [0.717, 1.165) is 16.9 Å². The van der Waals surface area contributed by atoms with Crippen LogP contribution < -0.4 is 13.9 Å². The third kappa shape index (κ3) is 7.69. The Bertz CT molecular complexity index is 1480. The molecule has 7 heteroatoms. The minimum atomic E-state index is -2.12. The van der Waals surface area contributed by atoms with Crippen molar-refractivity contribution in [2.45, 2.75) is 74.9 Å². The molecule has 5 nitrogen and oxygen atoms in total. The fourth-order valence-corrected chi connectivity index (χ4v) is 12.4. The summed E-state index contributed by atoms with van der Waals surface area (Å²) in [6.07, 6.45) is 0. The van der Waals surface area contributed by atoms with Crippen LogP contribution in [-0.2, 0) is 6.61 Å². The van der Waals surface area contributed by atoms with E-state index in [0.29, 0.717) is 45.2 Å². The molecular formula is C37H44O5SSi. The van der Waals surface area contributed by atoms with E-state index in [2.05, 4.69) is 41.5 Å². The van der Waals surface area contributed by atoms with E-state index in [-0.39, 0.29) is 11.5 Å². The van der Waals surface area contributed by atoms with Gasteiger partial charge in [-0.2, -0.15) is 0 Å². The zero-order chi connectivity index (χ0) is 31.9. The van der Waals surface area contributed by atoms with E-state index in [1.165, 1.54) is 11.8 Å². The van der Waals surface area contributed by atoms with E-state index in [1.807, 2.05) is 84.9 Å². The molecule has 0 heterocycles. The number of thioether (sulfide) groups is 1. The number of rotatable bonds is 14. The van der Waals surface area contributed by atoms with Crippen LogP contribution in [0.1, 0.15) is 68.3 Å². The molecule has 1 unspecified atom stereocenters. The maximum Gasteiger partial charge on any atom is 0.258 e. The van der Waals surface area contributed by atoms with E-state index < -0.39 is 13.6 Å². The average Bonchev–Trinajstić information content (AvgIpc) is 3.02. The molecule has 0 spiro atoms. The van der Waals surface area contributed by atoms with Gasteiger partial charge in [-0.05, 0) is 76.3 Å². The highest BCUT2D eigenvalue weighted by molar-refractivity contribution is 8.00. The van der Waals surface area contributed by atoms with Crippen LogP contribution in [0.5, 0.6) is 23.0 Å². The Hall–Kier alpha value is -3.68. The van der Waals surface area contributed by atoms with Crippen molar-refractivity contribution in [2.24, 2.45) is 0 Å². The first-order valence-electron chi connectivity index (χ1n) is 15.2. The van der Waals surface area contributed by atoms with Crippen LogP contribution in [0.25, 0.3) is 0 Å². The predicted octanol–water partition coefficient (Wildman–Crippen LogP) is 10.3. The van der Waals surface area contributed by atoms with Crippen LogP contribution in [0.2, 0.25) is 16.6 Å². The van der Waals surface area contributed by atoms with Crippen molar-refractivity contribution in [3.63, 3.8) is 0 Å². The largest absolute Gasteiger partial charge is 0.543 e. The lowest BCUT2D eigenvalue weighted by atomic mass is 10.0. The number of ketones is 1. The highest BCUT2D eigenvalue weighted by atomic mass is 32.2. The normalized spacial score (nSPS) is 12.4. The van der Waals surface area contributed by atoms with Crippen LogP contribution in [0, 0.1) is 0 Å². The van der Waals surface area contributed by atoms with E-state index in [1.54, 1.807) is 19.2 Å². The first-order chi connectivity index (χ1) is 21.0. The van der Waals surface area contributed by atoms with Gasteiger partial charge in [-0.15, -0.1) is 11.8 Å². The molecule has 0 bridgehead atoms. The maximum absolute atomic E-state index is 14.1. The second-order valence-electron chi connectivity index (χ2n) is 12.0. The summed E-state index contributed by atoms with van der Waals surface area (Å²) < 4.78 is 18.1. The smallest absolute Gasteiger partial charge is 0.258 e. The highest BCUT2D eigenvalue weighted by Gasteiger charge is 2.47. The summed E-state index contributed by atoms with van der Waals surface area (Å²) in [5.41, 5.74) is 3.78. The van der Waals surface area contributed by atoms with Crippen molar-refractivity contribution >= 4 is 25.9 Å². The van der Waals surface area contributed by atoms with Gasteiger partial charge in [0.15, 0.2) is 5.78 Å². The summed E-state index contributed by atoms with van der Waals surface area (Å²) in [5.74, 6) is 2.08. The van der Waals surface area contributed by atoms with Gasteiger partial charge in [0.25, 0.3) is 8.32 Å². The van der Waals surface area contributed by atoms with Gasteiger partial charge in [0, 0.05) is 11.6 Å². The number of aromatic hydroxyl groups is 1. The summed E-state index contributed by atoms with van der Waals surface area (Å²) >= 11 is 1.31. The van der Waals surface area contributed by atoms with Crippen molar-refractivity contribution in [3.05, 3.63) is 114 Å². The van der Waals surface area contributed by atoms with Crippen molar-refractivity contribution in [1.82, 2.24) is 0 Å². The topological polar surface area (TPSA) is 65.0 Å². The maximum atomic E-state index is 14.1. The molecule has 1 N–H and O–H groups in total. The molecular weight excluding hydrogens is 585 g/mol.